The minimum atomic E-state index is 0. The van der Waals surface area contributed by atoms with Crippen molar-refractivity contribution in [1.82, 2.24) is 20.8 Å². The van der Waals surface area contributed by atoms with Crippen LogP contribution in [-0.4, -0.2) is 23.1 Å². The van der Waals surface area contributed by atoms with E-state index in [2.05, 4.69) is 25.8 Å². The van der Waals surface area contributed by atoms with Crippen molar-refractivity contribution < 1.29 is 4.52 Å². The summed E-state index contributed by atoms with van der Waals surface area (Å²) in [5.74, 6) is 1.56. The van der Waals surface area contributed by atoms with Gasteiger partial charge < -0.3 is 15.2 Å². The van der Waals surface area contributed by atoms with Gasteiger partial charge >= 0.3 is 0 Å². The molecular formula is C18H18Cl2IN5O. The number of guanidine groups is 1. The number of nitrogens with one attached hydrogen (secondary N) is 2. The molecule has 6 nitrogen and oxygen atoms in total. The van der Waals surface area contributed by atoms with Crippen LogP contribution >= 0.6 is 47.2 Å². The maximum absolute atomic E-state index is 5.99. The first kappa shape index (κ1) is 21.5. The zero-order valence-corrected chi connectivity index (χ0v) is 18.3. The second-order valence-electron chi connectivity index (χ2n) is 5.43. The SMILES string of the molecule is CN=C(NCc1cccc(Cl)c1)NCc1nc(-c2cccc(Cl)c2)no1.I. The van der Waals surface area contributed by atoms with Crippen LogP contribution < -0.4 is 10.6 Å². The first-order valence-corrected chi connectivity index (χ1v) is 8.67. The van der Waals surface area contributed by atoms with E-state index >= 15 is 0 Å². The molecule has 3 rings (SSSR count). The molecule has 2 aromatic carbocycles. The Kier molecular flexibility index (Phi) is 8.33. The summed E-state index contributed by atoms with van der Waals surface area (Å²) < 4.78 is 5.27. The fraction of sp³-hybridized carbons (Fsp3) is 0.167. The van der Waals surface area contributed by atoms with Crippen LogP contribution in [0.2, 0.25) is 10.0 Å². The molecular weight excluding hydrogens is 500 g/mol. The predicted molar refractivity (Wildman–Crippen MR) is 119 cm³/mol. The summed E-state index contributed by atoms with van der Waals surface area (Å²) in [6.07, 6.45) is 0. The lowest BCUT2D eigenvalue weighted by molar-refractivity contribution is 0.375. The van der Waals surface area contributed by atoms with E-state index in [1.165, 1.54) is 0 Å². The van der Waals surface area contributed by atoms with Gasteiger partial charge in [-0.25, -0.2) is 0 Å². The van der Waals surface area contributed by atoms with Crippen molar-refractivity contribution in [3.63, 3.8) is 0 Å². The van der Waals surface area contributed by atoms with Crippen molar-refractivity contribution in [1.29, 1.82) is 0 Å². The standard InChI is InChI=1S/C18H17Cl2N5O.HI/c1-21-18(22-10-12-4-2-6-14(19)8-12)23-11-16-24-17(25-26-16)13-5-3-7-15(20)9-13;/h2-9H,10-11H2,1H3,(H2,21,22,23);1H. The molecule has 3 aromatic rings. The van der Waals surface area contributed by atoms with Crippen LogP contribution in [0, 0.1) is 0 Å². The third-order valence-electron chi connectivity index (χ3n) is 3.53. The number of hydrogen-bond donors (Lipinski definition) is 2. The lowest BCUT2D eigenvalue weighted by Gasteiger charge is -2.10. The molecule has 0 aliphatic carbocycles. The van der Waals surface area contributed by atoms with E-state index in [0.29, 0.717) is 40.8 Å². The van der Waals surface area contributed by atoms with Gasteiger partial charge in [-0.2, -0.15) is 4.98 Å². The van der Waals surface area contributed by atoms with Crippen molar-refractivity contribution in [3.8, 4) is 11.4 Å². The lowest BCUT2D eigenvalue weighted by Crippen LogP contribution is -2.36. The van der Waals surface area contributed by atoms with Crippen LogP contribution in [0.15, 0.2) is 58.0 Å². The van der Waals surface area contributed by atoms with Crippen LogP contribution in [0.25, 0.3) is 11.4 Å². The van der Waals surface area contributed by atoms with Crippen LogP contribution in [0.5, 0.6) is 0 Å². The Hall–Kier alpha value is -1.84. The van der Waals surface area contributed by atoms with Crippen molar-refractivity contribution >= 4 is 53.1 Å². The minimum Gasteiger partial charge on any atom is -0.352 e. The molecule has 142 valence electrons. The Bertz CT molecular complexity index is 916. The first-order chi connectivity index (χ1) is 12.6. The van der Waals surface area contributed by atoms with Gasteiger partial charge in [0.25, 0.3) is 0 Å². The number of rotatable bonds is 5. The Morgan fingerprint density at radius 3 is 2.44 bits per heavy atom. The molecule has 0 atom stereocenters. The smallest absolute Gasteiger partial charge is 0.246 e. The monoisotopic (exact) mass is 517 g/mol. The number of aliphatic imine (C=N–C) groups is 1. The maximum atomic E-state index is 5.99. The summed E-state index contributed by atoms with van der Waals surface area (Å²) in [5.41, 5.74) is 1.86. The average molecular weight is 518 g/mol. The number of benzene rings is 2. The van der Waals surface area contributed by atoms with E-state index in [9.17, 15) is 0 Å². The van der Waals surface area contributed by atoms with Crippen molar-refractivity contribution in [2.24, 2.45) is 4.99 Å². The van der Waals surface area contributed by atoms with Gasteiger partial charge in [-0.1, -0.05) is 52.6 Å². The summed E-state index contributed by atoms with van der Waals surface area (Å²) in [6.45, 7) is 0.945. The Morgan fingerprint density at radius 1 is 1.04 bits per heavy atom. The second-order valence-corrected chi connectivity index (χ2v) is 6.30. The summed E-state index contributed by atoms with van der Waals surface area (Å²) in [7, 11) is 1.69. The topological polar surface area (TPSA) is 75.3 Å². The highest BCUT2D eigenvalue weighted by molar-refractivity contribution is 14.0. The molecule has 9 heteroatoms. The molecule has 27 heavy (non-hydrogen) atoms. The first-order valence-electron chi connectivity index (χ1n) is 7.91. The summed E-state index contributed by atoms with van der Waals surface area (Å²) in [5, 5.41) is 11.6. The molecule has 0 saturated heterocycles. The van der Waals surface area contributed by atoms with Crippen molar-refractivity contribution in [3.05, 3.63) is 70.0 Å². The van der Waals surface area contributed by atoms with Gasteiger partial charge in [0.05, 0.1) is 6.54 Å². The van der Waals surface area contributed by atoms with Gasteiger partial charge in [0.1, 0.15) is 0 Å². The van der Waals surface area contributed by atoms with E-state index in [4.69, 9.17) is 27.7 Å². The second kappa shape index (κ2) is 10.5. The highest BCUT2D eigenvalue weighted by atomic mass is 127. The molecule has 0 spiro atoms. The van der Waals surface area contributed by atoms with Gasteiger partial charge in [-0.05, 0) is 29.8 Å². The Labute approximate surface area is 184 Å². The molecule has 0 aliphatic rings. The van der Waals surface area contributed by atoms with Crippen LogP contribution in [0.4, 0.5) is 0 Å². The number of hydrogen-bond acceptors (Lipinski definition) is 4. The van der Waals surface area contributed by atoms with Crippen LogP contribution in [0.1, 0.15) is 11.5 Å². The fourth-order valence-electron chi connectivity index (χ4n) is 2.28. The number of aromatic nitrogens is 2. The van der Waals surface area contributed by atoms with Crippen LogP contribution in [-0.2, 0) is 13.1 Å². The average Bonchev–Trinajstić information content (AvgIpc) is 3.11. The van der Waals surface area contributed by atoms with Gasteiger partial charge in [-0.15, -0.1) is 24.0 Å². The fourth-order valence-corrected chi connectivity index (χ4v) is 2.69. The molecule has 2 N–H and O–H groups in total. The van der Waals surface area contributed by atoms with Gasteiger partial charge in [-0.3, -0.25) is 4.99 Å². The van der Waals surface area contributed by atoms with Gasteiger partial charge in [0, 0.05) is 29.2 Å². The zero-order valence-electron chi connectivity index (χ0n) is 14.4. The van der Waals surface area contributed by atoms with E-state index in [0.717, 1.165) is 11.1 Å². The summed E-state index contributed by atoms with van der Waals surface area (Å²) >= 11 is 12.0. The number of halogens is 3. The van der Waals surface area contributed by atoms with Gasteiger partial charge in [0.15, 0.2) is 5.96 Å². The molecule has 0 amide bonds. The third-order valence-corrected chi connectivity index (χ3v) is 4.00. The minimum absolute atomic E-state index is 0. The molecule has 1 aromatic heterocycles. The third kappa shape index (κ3) is 6.37. The summed E-state index contributed by atoms with van der Waals surface area (Å²) in [4.78, 5) is 8.53. The highest BCUT2D eigenvalue weighted by Crippen LogP contribution is 2.19. The van der Waals surface area contributed by atoms with E-state index in [-0.39, 0.29) is 24.0 Å². The largest absolute Gasteiger partial charge is 0.352 e. The van der Waals surface area contributed by atoms with Crippen molar-refractivity contribution in [2.75, 3.05) is 7.05 Å². The maximum Gasteiger partial charge on any atom is 0.246 e. The van der Waals surface area contributed by atoms with E-state index < -0.39 is 0 Å². The Morgan fingerprint density at radius 2 is 1.74 bits per heavy atom. The molecule has 1 heterocycles. The summed E-state index contributed by atoms with van der Waals surface area (Å²) in [6, 6.07) is 14.9. The Balaban J connectivity index is 0.00000261. The molecule has 0 radical (unpaired) electrons. The van der Waals surface area contributed by atoms with Crippen LogP contribution in [0.3, 0.4) is 0 Å². The molecule has 0 unspecified atom stereocenters. The van der Waals surface area contributed by atoms with E-state index in [1.807, 2.05) is 36.4 Å². The highest BCUT2D eigenvalue weighted by Gasteiger charge is 2.09. The molecule has 0 aliphatic heterocycles. The molecule has 0 fully saturated rings. The quantitative estimate of drug-likeness (QED) is 0.295. The van der Waals surface area contributed by atoms with E-state index in [1.54, 1.807) is 19.2 Å². The number of nitrogens with zero attached hydrogens (tertiary/aromatic N) is 3. The molecule has 0 bridgehead atoms. The normalized spacial score (nSPS) is 11.0. The zero-order chi connectivity index (χ0) is 18.4. The van der Waals surface area contributed by atoms with Crippen molar-refractivity contribution in [2.45, 2.75) is 13.1 Å². The lowest BCUT2D eigenvalue weighted by atomic mass is 10.2. The predicted octanol–water partition coefficient (Wildman–Crippen LogP) is 4.53. The van der Waals surface area contributed by atoms with Gasteiger partial charge in [0.2, 0.25) is 11.7 Å². The molecule has 0 saturated carbocycles.